The summed E-state index contributed by atoms with van der Waals surface area (Å²) in [7, 11) is -3.43. The predicted octanol–water partition coefficient (Wildman–Crippen LogP) is 3.97. The van der Waals surface area contributed by atoms with Crippen LogP contribution in [0.15, 0.2) is 90.2 Å². The van der Waals surface area contributed by atoms with Gasteiger partial charge < -0.3 is 10.3 Å². The van der Waals surface area contributed by atoms with Crippen LogP contribution in [0.4, 0.5) is 11.5 Å². The molecule has 196 valence electrons. The van der Waals surface area contributed by atoms with E-state index in [1.54, 1.807) is 51.8 Å². The van der Waals surface area contributed by atoms with Crippen molar-refractivity contribution in [3.05, 3.63) is 102 Å². The summed E-state index contributed by atoms with van der Waals surface area (Å²) in [5, 5.41) is 8.91. The summed E-state index contributed by atoms with van der Waals surface area (Å²) in [6.45, 7) is 1.91. The molecule has 3 N–H and O–H groups in total. The Morgan fingerprint density at radius 2 is 1.82 bits per heavy atom. The van der Waals surface area contributed by atoms with Gasteiger partial charge in [-0.1, -0.05) is 30.3 Å². The number of H-pyrrole nitrogens is 1. The van der Waals surface area contributed by atoms with Crippen molar-refractivity contribution in [3.8, 4) is 16.8 Å². The van der Waals surface area contributed by atoms with Crippen molar-refractivity contribution in [1.29, 1.82) is 0 Å². The highest BCUT2D eigenvalue weighted by Crippen LogP contribution is 2.34. The van der Waals surface area contributed by atoms with Crippen LogP contribution in [0.3, 0.4) is 0 Å². The molecule has 4 aromatic heterocycles. The molecular formula is C27H24N8O3S. The number of sulfonamides is 1. The number of fused-ring (bicyclic) bond motifs is 2. The third-order valence-corrected chi connectivity index (χ3v) is 6.90. The molecule has 39 heavy (non-hydrogen) atoms. The minimum atomic E-state index is -3.43. The summed E-state index contributed by atoms with van der Waals surface area (Å²) in [6, 6.07) is 19.5. The minimum absolute atomic E-state index is 0.185. The minimum Gasteiger partial charge on any atom is -0.360 e. The van der Waals surface area contributed by atoms with E-state index in [9.17, 15) is 13.2 Å². The first-order chi connectivity index (χ1) is 18.8. The molecule has 0 aliphatic rings. The Hall–Kier alpha value is -4.97. The molecule has 2 aromatic carbocycles. The summed E-state index contributed by atoms with van der Waals surface area (Å²) >= 11 is 0. The maximum Gasteiger partial charge on any atom is 0.282 e. The van der Waals surface area contributed by atoms with Crippen LogP contribution in [0.2, 0.25) is 0 Å². The number of aromatic amines is 1. The van der Waals surface area contributed by atoms with Crippen molar-refractivity contribution in [2.24, 2.45) is 0 Å². The number of aromatic nitrogens is 6. The SMILES string of the molecule is C[C@H](Nc1ncnc2[nH]cc(-c3cccc(NS(C)(=O)=O)c3)c12)c1nn2cccc2c(=O)n1-c1ccccc1. The van der Waals surface area contributed by atoms with Gasteiger partial charge in [-0.2, -0.15) is 5.10 Å². The number of anilines is 2. The van der Waals surface area contributed by atoms with E-state index < -0.39 is 16.1 Å². The lowest BCUT2D eigenvalue weighted by atomic mass is 10.1. The largest absolute Gasteiger partial charge is 0.360 e. The average Bonchev–Trinajstić information content (AvgIpc) is 3.56. The Balaban J connectivity index is 1.45. The molecule has 0 fully saturated rings. The van der Waals surface area contributed by atoms with Gasteiger partial charge in [0.05, 0.1) is 23.4 Å². The Bertz CT molecular complexity index is 1990. The van der Waals surface area contributed by atoms with Crippen LogP contribution in [-0.2, 0) is 10.0 Å². The Morgan fingerprint density at radius 3 is 2.62 bits per heavy atom. The van der Waals surface area contributed by atoms with E-state index in [0.717, 1.165) is 22.8 Å². The van der Waals surface area contributed by atoms with Gasteiger partial charge in [0.25, 0.3) is 5.56 Å². The molecular weight excluding hydrogens is 516 g/mol. The average molecular weight is 541 g/mol. The van der Waals surface area contributed by atoms with Gasteiger partial charge in [0.15, 0.2) is 5.82 Å². The third kappa shape index (κ3) is 4.61. The molecule has 0 unspecified atom stereocenters. The van der Waals surface area contributed by atoms with Crippen molar-refractivity contribution in [1.82, 2.24) is 29.1 Å². The van der Waals surface area contributed by atoms with E-state index in [1.165, 1.54) is 6.33 Å². The summed E-state index contributed by atoms with van der Waals surface area (Å²) in [4.78, 5) is 25.6. The lowest BCUT2D eigenvalue weighted by Crippen LogP contribution is -2.29. The number of rotatable bonds is 7. The van der Waals surface area contributed by atoms with Crippen LogP contribution in [0.5, 0.6) is 0 Å². The summed E-state index contributed by atoms with van der Waals surface area (Å²) in [5.74, 6) is 1.03. The van der Waals surface area contributed by atoms with Crippen molar-refractivity contribution in [2.75, 3.05) is 16.3 Å². The van der Waals surface area contributed by atoms with Gasteiger partial charge in [-0.05, 0) is 48.9 Å². The molecule has 11 nitrogen and oxygen atoms in total. The number of nitrogens with zero attached hydrogens (tertiary/aromatic N) is 5. The molecule has 6 aromatic rings. The highest BCUT2D eigenvalue weighted by atomic mass is 32.2. The fourth-order valence-corrected chi connectivity index (χ4v) is 5.20. The quantitative estimate of drug-likeness (QED) is 0.278. The van der Waals surface area contributed by atoms with E-state index in [2.05, 4.69) is 25.0 Å². The van der Waals surface area contributed by atoms with E-state index in [0.29, 0.717) is 34.2 Å². The summed E-state index contributed by atoms with van der Waals surface area (Å²) in [5.41, 5.74) is 3.59. The summed E-state index contributed by atoms with van der Waals surface area (Å²) in [6.07, 6.45) is 6.11. The molecule has 0 saturated heterocycles. The standard InChI is InChI=1S/C27H24N8O3S/c1-17(26-32-34-13-7-12-22(34)27(36)35(26)20-10-4-3-5-11-20)31-25-23-21(15-28-24(23)29-16-30-25)18-8-6-9-19(14-18)33-39(2,37)38/h3-17,33H,1-2H3,(H2,28,29,30,31)/t17-/m0/s1. The predicted molar refractivity (Wildman–Crippen MR) is 151 cm³/mol. The van der Waals surface area contributed by atoms with Crippen LogP contribution < -0.4 is 15.6 Å². The van der Waals surface area contributed by atoms with Gasteiger partial charge in [-0.3, -0.25) is 14.1 Å². The second-order valence-corrected chi connectivity index (χ2v) is 10.9. The lowest BCUT2D eigenvalue weighted by Gasteiger charge is -2.20. The van der Waals surface area contributed by atoms with Gasteiger partial charge in [-0.25, -0.2) is 22.9 Å². The zero-order valence-electron chi connectivity index (χ0n) is 21.0. The maximum atomic E-state index is 13.5. The van der Waals surface area contributed by atoms with Gasteiger partial charge in [-0.15, -0.1) is 0 Å². The van der Waals surface area contributed by atoms with Crippen LogP contribution in [0.25, 0.3) is 33.4 Å². The van der Waals surface area contributed by atoms with Gasteiger partial charge in [0, 0.05) is 23.6 Å². The zero-order chi connectivity index (χ0) is 27.1. The van der Waals surface area contributed by atoms with E-state index in [1.807, 2.05) is 43.3 Å². The van der Waals surface area contributed by atoms with Gasteiger partial charge in [0.1, 0.15) is 23.3 Å². The molecule has 0 aliphatic carbocycles. The molecule has 0 bridgehead atoms. The summed E-state index contributed by atoms with van der Waals surface area (Å²) < 4.78 is 29.2. The van der Waals surface area contributed by atoms with Crippen LogP contribution in [-0.4, -0.2) is 43.8 Å². The lowest BCUT2D eigenvalue weighted by molar-refractivity contribution is 0.607. The second kappa shape index (κ2) is 9.40. The zero-order valence-corrected chi connectivity index (χ0v) is 21.8. The van der Waals surface area contributed by atoms with Crippen LogP contribution in [0.1, 0.15) is 18.8 Å². The monoisotopic (exact) mass is 540 g/mol. The molecule has 4 heterocycles. The molecule has 6 rings (SSSR count). The fourth-order valence-electron chi connectivity index (χ4n) is 4.64. The molecule has 0 aliphatic heterocycles. The first-order valence-electron chi connectivity index (χ1n) is 12.1. The fraction of sp³-hybridized carbons (Fsp3) is 0.111. The van der Waals surface area contributed by atoms with E-state index in [-0.39, 0.29) is 5.56 Å². The number of hydrogen-bond donors (Lipinski definition) is 3. The van der Waals surface area contributed by atoms with Gasteiger partial charge in [0.2, 0.25) is 10.0 Å². The Labute approximate surface area is 223 Å². The van der Waals surface area contributed by atoms with Crippen molar-refractivity contribution in [3.63, 3.8) is 0 Å². The molecule has 0 amide bonds. The molecule has 0 radical (unpaired) electrons. The molecule has 1 atom stereocenters. The van der Waals surface area contributed by atoms with E-state index >= 15 is 0 Å². The van der Waals surface area contributed by atoms with Crippen molar-refractivity contribution < 1.29 is 8.42 Å². The molecule has 12 heteroatoms. The molecule has 0 saturated carbocycles. The van der Waals surface area contributed by atoms with Crippen LogP contribution >= 0.6 is 0 Å². The number of para-hydroxylation sites is 1. The Kier molecular flexibility index (Phi) is 5.88. The normalized spacial score (nSPS) is 12.6. The van der Waals surface area contributed by atoms with E-state index in [4.69, 9.17) is 5.10 Å². The number of hydrogen-bond acceptors (Lipinski definition) is 7. The van der Waals surface area contributed by atoms with Crippen LogP contribution in [0, 0.1) is 0 Å². The molecule has 0 spiro atoms. The topological polar surface area (TPSA) is 139 Å². The number of nitrogens with one attached hydrogen (secondary N) is 3. The number of benzene rings is 2. The first kappa shape index (κ1) is 24.4. The Morgan fingerprint density at radius 1 is 1.00 bits per heavy atom. The van der Waals surface area contributed by atoms with Crippen molar-refractivity contribution >= 4 is 38.1 Å². The van der Waals surface area contributed by atoms with Gasteiger partial charge >= 0.3 is 0 Å². The first-order valence-corrected chi connectivity index (χ1v) is 14.0. The third-order valence-electron chi connectivity index (χ3n) is 6.29. The van der Waals surface area contributed by atoms with Crippen molar-refractivity contribution in [2.45, 2.75) is 13.0 Å². The smallest absolute Gasteiger partial charge is 0.282 e. The highest BCUT2D eigenvalue weighted by molar-refractivity contribution is 7.92. The maximum absolute atomic E-state index is 13.5. The highest BCUT2D eigenvalue weighted by Gasteiger charge is 2.21. The second-order valence-electron chi connectivity index (χ2n) is 9.14.